The average molecular weight is 582 g/mol. The average Bonchev–Trinajstić information content (AvgIpc) is 3.47. The summed E-state index contributed by atoms with van der Waals surface area (Å²) in [5.74, 6) is -0.700. The predicted octanol–water partition coefficient (Wildman–Crippen LogP) is 5.36. The van der Waals surface area contributed by atoms with E-state index in [1.165, 1.54) is 17.0 Å². The number of anilines is 1. The number of aryl methyl sites for hydroxylation is 1. The molecule has 1 fully saturated rings. The molecule has 7 nitrogen and oxygen atoms in total. The number of hydrogen-bond acceptors (Lipinski definition) is 4. The third kappa shape index (κ3) is 7.23. The molecule has 0 radical (unpaired) electrons. The summed E-state index contributed by atoms with van der Waals surface area (Å²) in [6, 6.07) is 22.0. The van der Waals surface area contributed by atoms with Crippen molar-refractivity contribution in [3.8, 4) is 0 Å². The number of carbonyl (C=O) groups is 2. The van der Waals surface area contributed by atoms with Gasteiger partial charge in [0.05, 0.1) is 10.6 Å². The van der Waals surface area contributed by atoms with Crippen LogP contribution in [-0.4, -0.2) is 50.3 Å². The van der Waals surface area contributed by atoms with Gasteiger partial charge in [-0.25, -0.2) is 8.42 Å². The molecule has 1 saturated carbocycles. The first-order chi connectivity index (χ1) is 19.2. The molecular formula is C31H36ClN3O4S. The summed E-state index contributed by atoms with van der Waals surface area (Å²) in [6.07, 6.45) is 4.51. The maximum Gasteiger partial charge on any atom is 0.264 e. The minimum atomic E-state index is -4.13. The zero-order valence-electron chi connectivity index (χ0n) is 22.9. The van der Waals surface area contributed by atoms with Crippen LogP contribution < -0.4 is 9.62 Å². The van der Waals surface area contributed by atoms with E-state index in [0.29, 0.717) is 22.7 Å². The number of benzene rings is 3. The Bertz CT molecular complexity index is 1410. The number of halogens is 1. The standard InChI is InChI=1S/C31H36ClN3O4S/c1-23-17-18-26(32)21-29(23)35(40(38,39)28-15-7-4-8-16-28)22-30(36)34(20-19-25-11-5-3-6-12-25)24(2)31(37)33-27-13-9-10-14-27/h3-8,11-12,15-18,21,24,27H,9-10,13-14,19-20,22H2,1-2H3,(H,33,37)/t24-/m0/s1. The van der Waals surface area contributed by atoms with Gasteiger partial charge in [0.2, 0.25) is 11.8 Å². The lowest BCUT2D eigenvalue weighted by Gasteiger charge is -2.33. The largest absolute Gasteiger partial charge is 0.352 e. The van der Waals surface area contributed by atoms with Gasteiger partial charge in [-0.2, -0.15) is 0 Å². The first kappa shape index (κ1) is 29.6. The van der Waals surface area contributed by atoms with E-state index < -0.39 is 28.5 Å². The molecule has 0 aromatic heterocycles. The van der Waals surface area contributed by atoms with Crippen LogP contribution in [0.15, 0.2) is 83.8 Å². The number of amides is 2. The molecule has 0 spiro atoms. The van der Waals surface area contributed by atoms with Crippen LogP contribution in [0, 0.1) is 6.92 Å². The number of rotatable bonds is 11. The number of nitrogens with zero attached hydrogens (tertiary/aromatic N) is 2. The molecule has 0 heterocycles. The van der Waals surface area contributed by atoms with E-state index in [1.807, 2.05) is 30.3 Å². The lowest BCUT2D eigenvalue weighted by molar-refractivity contribution is -0.139. The van der Waals surface area contributed by atoms with E-state index in [4.69, 9.17) is 11.6 Å². The molecule has 1 aliphatic carbocycles. The quantitative estimate of drug-likeness (QED) is 0.330. The number of carbonyl (C=O) groups excluding carboxylic acids is 2. The van der Waals surface area contributed by atoms with Crippen molar-refractivity contribution in [1.82, 2.24) is 10.2 Å². The van der Waals surface area contributed by atoms with Gasteiger partial charge in [0.15, 0.2) is 0 Å². The minimum Gasteiger partial charge on any atom is -0.352 e. The van der Waals surface area contributed by atoms with E-state index in [2.05, 4.69) is 5.32 Å². The highest BCUT2D eigenvalue weighted by Gasteiger charge is 2.33. The van der Waals surface area contributed by atoms with E-state index in [9.17, 15) is 18.0 Å². The van der Waals surface area contributed by atoms with Crippen molar-refractivity contribution in [3.63, 3.8) is 0 Å². The molecule has 1 aliphatic rings. The minimum absolute atomic E-state index is 0.0602. The zero-order chi connectivity index (χ0) is 28.7. The molecule has 9 heteroatoms. The lowest BCUT2D eigenvalue weighted by atomic mass is 10.1. The Morgan fingerprint density at radius 3 is 2.25 bits per heavy atom. The van der Waals surface area contributed by atoms with Crippen molar-refractivity contribution >= 4 is 39.1 Å². The maximum absolute atomic E-state index is 14.0. The molecule has 0 unspecified atom stereocenters. The van der Waals surface area contributed by atoms with Gasteiger partial charge in [-0.05, 0) is 68.5 Å². The van der Waals surface area contributed by atoms with Crippen molar-refractivity contribution in [2.24, 2.45) is 0 Å². The Morgan fingerprint density at radius 1 is 0.975 bits per heavy atom. The number of hydrogen-bond donors (Lipinski definition) is 1. The number of sulfonamides is 1. The number of nitrogens with one attached hydrogen (secondary N) is 1. The van der Waals surface area contributed by atoms with Crippen LogP contribution in [0.3, 0.4) is 0 Å². The highest BCUT2D eigenvalue weighted by Crippen LogP contribution is 2.30. The fourth-order valence-corrected chi connectivity index (χ4v) is 6.70. The Morgan fingerprint density at radius 2 is 1.60 bits per heavy atom. The van der Waals surface area contributed by atoms with Crippen LogP contribution in [0.2, 0.25) is 5.02 Å². The predicted molar refractivity (Wildman–Crippen MR) is 159 cm³/mol. The van der Waals surface area contributed by atoms with Gasteiger partial charge in [0, 0.05) is 17.6 Å². The van der Waals surface area contributed by atoms with Gasteiger partial charge < -0.3 is 10.2 Å². The van der Waals surface area contributed by atoms with E-state index in [1.54, 1.807) is 50.2 Å². The topological polar surface area (TPSA) is 86.8 Å². The van der Waals surface area contributed by atoms with Crippen LogP contribution in [0.1, 0.15) is 43.7 Å². The summed E-state index contributed by atoms with van der Waals surface area (Å²) in [6.45, 7) is 3.26. The second-order valence-corrected chi connectivity index (χ2v) is 12.5. The highest BCUT2D eigenvalue weighted by atomic mass is 35.5. The lowest BCUT2D eigenvalue weighted by Crippen LogP contribution is -2.53. The first-order valence-electron chi connectivity index (χ1n) is 13.6. The van der Waals surface area contributed by atoms with Crippen molar-refractivity contribution in [3.05, 3.63) is 95.0 Å². The van der Waals surface area contributed by atoms with Gasteiger partial charge in [0.1, 0.15) is 12.6 Å². The van der Waals surface area contributed by atoms with Crippen LogP contribution in [0.25, 0.3) is 0 Å². The van der Waals surface area contributed by atoms with Crippen molar-refractivity contribution < 1.29 is 18.0 Å². The third-order valence-corrected chi connectivity index (χ3v) is 9.41. The van der Waals surface area contributed by atoms with Crippen LogP contribution in [0.4, 0.5) is 5.69 Å². The monoisotopic (exact) mass is 581 g/mol. The summed E-state index contributed by atoms with van der Waals surface area (Å²) >= 11 is 6.28. The van der Waals surface area contributed by atoms with Gasteiger partial charge in [-0.1, -0.05) is 79.0 Å². The Balaban J connectivity index is 1.66. The molecule has 1 atom stereocenters. The molecule has 4 rings (SSSR count). The van der Waals surface area contributed by atoms with Gasteiger partial charge in [-0.3, -0.25) is 13.9 Å². The molecule has 0 saturated heterocycles. The van der Waals surface area contributed by atoms with E-state index in [-0.39, 0.29) is 23.4 Å². The van der Waals surface area contributed by atoms with Gasteiger partial charge >= 0.3 is 0 Å². The molecule has 3 aromatic carbocycles. The summed E-state index contributed by atoms with van der Waals surface area (Å²) < 4.78 is 28.9. The van der Waals surface area contributed by atoms with Crippen LogP contribution in [0.5, 0.6) is 0 Å². The molecule has 0 aliphatic heterocycles. The van der Waals surface area contributed by atoms with Crippen molar-refractivity contribution in [2.45, 2.75) is 62.9 Å². The molecule has 3 aromatic rings. The third-order valence-electron chi connectivity index (χ3n) is 7.40. The zero-order valence-corrected chi connectivity index (χ0v) is 24.5. The fourth-order valence-electron chi connectivity index (χ4n) is 5.05. The summed E-state index contributed by atoms with van der Waals surface area (Å²) in [7, 11) is -4.13. The van der Waals surface area contributed by atoms with Crippen LogP contribution >= 0.6 is 11.6 Å². The van der Waals surface area contributed by atoms with E-state index >= 15 is 0 Å². The maximum atomic E-state index is 14.0. The first-order valence-corrected chi connectivity index (χ1v) is 15.5. The highest BCUT2D eigenvalue weighted by molar-refractivity contribution is 7.92. The molecular weight excluding hydrogens is 546 g/mol. The molecule has 40 heavy (non-hydrogen) atoms. The van der Waals surface area contributed by atoms with Gasteiger partial charge in [-0.15, -0.1) is 0 Å². The summed E-state index contributed by atoms with van der Waals surface area (Å²) in [4.78, 5) is 28.8. The van der Waals surface area contributed by atoms with E-state index in [0.717, 1.165) is 35.6 Å². The second kappa shape index (κ2) is 13.3. The Kier molecular flexibility index (Phi) is 9.87. The summed E-state index contributed by atoms with van der Waals surface area (Å²) in [5, 5.41) is 3.44. The Hall–Kier alpha value is -3.36. The molecule has 2 amide bonds. The van der Waals surface area contributed by atoms with Gasteiger partial charge in [0.25, 0.3) is 10.0 Å². The fraction of sp³-hybridized carbons (Fsp3) is 0.355. The van der Waals surface area contributed by atoms with Crippen molar-refractivity contribution in [1.29, 1.82) is 0 Å². The normalized spacial score (nSPS) is 14.5. The smallest absolute Gasteiger partial charge is 0.264 e. The SMILES string of the molecule is Cc1ccc(Cl)cc1N(CC(=O)N(CCc1ccccc1)[C@@H](C)C(=O)NC1CCCC1)S(=O)(=O)c1ccccc1. The molecule has 0 bridgehead atoms. The van der Waals surface area contributed by atoms with Crippen LogP contribution in [-0.2, 0) is 26.0 Å². The second-order valence-electron chi connectivity index (χ2n) is 10.2. The van der Waals surface area contributed by atoms with Crippen molar-refractivity contribution in [2.75, 3.05) is 17.4 Å². The summed E-state index contributed by atoms with van der Waals surface area (Å²) in [5.41, 5.74) is 1.98. The molecule has 212 valence electrons. The molecule has 1 N–H and O–H groups in total. The Labute approximate surface area is 242 Å².